The van der Waals surface area contributed by atoms with E-state index in [2.05, 4.69) is 10.2 Å². The normalized spacial score (nSPS) is 31.2. The molecule has 3 saturated heterocycles. The van der Waals surface area contributed by atoms with Crippen LogP contribution in [-0.4, -0.2) is 118 Å². The van der Waals surface area contributed by atoms with Gasteiger partial charge in [0.1, 0.15) is 24.4 Å². The van der Waals surface area contributed by atoms with Crippen LogP contribution in [0.25, 0.3) is 0 Å². The summed E-state index contributed by atoms with van der Waals surface area (Å²) in [7, 11) is 6.10. The molecule has 7 rings (SSSR count). The molecule has 0 aromatic heterocycles. The predicted octanol–water partition coefficient (Wildman–Crippen LogP) is 2.85. The highest BCUT2D eigenvalue weighted by atomic mass is 35.5. The summed E-state index contributed by atoms with van der Waals surface area (Å²) in [6.45, 7) is 2.86. The molecule has 0 saturated carbocycles. The fourth-order valence-corrected chi connectivity index (χ4v) is 9.36. The molecule has 0 radical (unpaired) electrons. The van der Waals surface area contributed by atoms with Crippen LogP contribution in [0.4, 0.5) is 4.79 Å². The molecule has 2 aromatic carbocycles. The zero-order valence-corrected chi connectivity index (χ0v) is 31.4. The number of fused-ring (bicyclic) bond motifs is 4. The van der Waals surface area contributed by atoms with Crippen molar-refractivity contribution in [3.05, 3.63) is 41.0 Å². The molecule has 0 spiro atoms. The number of carbonyl (C=O) groups excluding carboxylic acids is 2. The molecule has 4 N–H and O–H groups in total. The molecule has 1 aliphatic carbocycles. The first-order chi connectivity index (χ1) is 25.7. The monoisotopic (exact) mass is 800 g/mol. The predicted molar refractivity (Wildman–Crippen MR) is 189 cm³/mol. The van der Waals surface area contributed by atoms with Crippen molar-refractivity contribution in [3.8, 4) is 28.7 Å². The Morgan fingerprint density at radius 2 is 1.64 bits per heavy atom. The number of cyclic esters (lactones) is 1. The van der Waals surface area contributed by atoms with Gasteiger partial charge in [-0.1, -0.05) is 21.6 Å². The first kappa shape index (κ1) is 38.4. The molecule has 19 heteroatoms. The van der Waals surface area contributed by atoms with E-state index >= 15 is 0 Å². The van der Waals surface area contributed by atoms with E-state index in [1.54, 1.807) is 52.8 Å². The maximum absolute atomic E-state index is 13.7. The maximum Gasteiger partial charge on any atom is 0.412 e. The van der Waals surface area contributed by atoms with Crippen molar-refractivity contribution >= 4 is 45.4 Å². The number of aliphatic hydroxyl groups is 2. The van der Waals surface area contributed by atoms with Gasteiger partial charge in [-0.3, -0.25) is 4.79 Å². The maximum atomic E-state index is 13.7. The second-order valence-electron chi connectivity index (χ2n) is 12.8. The molecule has 1 amide bonds. The summed E-state index contributed by atoms with van der Waals surface area (Å²) in [5.41, 5.74) is 1.91. The largest absolute Gasteiger partial charge is 0.493 e. The summed E-state index contributed by atoms with van der Waals surface area (Å²) in [5.74, 6) is 0.420. The molecule has 5 aliphatic rings. The standard InChI is InChI=1S/C34H41ClN2O14S2/c1-15-44-13-24-31(48-15)27(38)28(39)33(49-24)50-29-18-11-21-20(46-14-47-21)10-17(18)25(26-19(29)12-45-32(26)40)16-8-22(42-2)30(23(9-16)43-3)51-34(41)36-4-6-52-53-7-5-37-35/h8-11,15,19,24-29,31,33,37-39H,4-7,12-14H2,1-3H3,(H,36,41)/t15?,19-,24?,25+,26-,27?,28?,29+,31?,33?/m0/s1. The lowest BCUT2D eigenvalue weighted by molar-refractivity contribution is -0.364. The Morgan fingerprint density at radius 1 is 0.943 bits per heavy atom. The third-order valence-corrected chi connectivity index (χ3v) is 12.3. The number of esters is 1. The lowest BCUT2D eigenvalue weighted by Crippen LogP contribution is -2.63. The highest BCUT2D eigenvalue weighted by Crippen LogP contribution is 2.57. The zero-order chi connectivity index (χ0) is 37.2. The number of ether oxygens (including phenoxy) is 10. The number of hydrogen-bond donors (Lipinski definition) is 4. The summed E-state index contributed by atoms with van der Waals surface area (Å²) in [6.07, 6.45) is -7.72. The van der Waals surface area contributed by atoms with Crippen molar-refractivity contribution < 1.29 is 67.2 Å². The Balaban J connectivity index is 1.19. The fourth-order valence-electron chi connectivity index (χ4n) is 7.34. The number of amides is 1. The second kappa shape index (κ2) is 16.8. The van der Waals surface area contributed by atoms with E-state index in [-0.39, 0.29) is 37.3 Å². The summed E-state index contributed by atoms with van der Waals surface area (Å²) in [6, 6.07) is 6.98. The SMILES string of the molecule is COc1cc([C@@H]2c3cc4c(cc3[C@@H](OC3OC5COC(C)OC5C(O)C3O)[C@H]3COC(=O)[C@H]23)OCO4)cc(OC)c1OC(=O)NCCSSCCNCl. The molecule has 4 heterocycles. The number of rotatable bonds is 13. The molecular formula is C34H41ClN2O14S2. The molecule has 3 fully saturated rings. The summed E-state index contributed by atoms with van der Waals surface area (Å²) in [4.78, 5) is 29.1. The Hall–Kier alpha value is -2.91. The number of halogens is 1. The minimum atomic E-state index is -1.47. The first-order valence-corrected chi connectivity index (χ1v) is 19.9. The van der Waals surface area contributed by atoms with Gasteiger partial charge in [-0.25, -0.2) is 9.63 Å². The van der Waals surface area contributed by atoms with Gasteiger partial charge >= 0.3 is 12.1 Å². The van der Waals surface area contributed by atoms with Crippen LogP contribution in [0.1, 0.15) is 35.6 Å². The number of nitrogens with one attached hydrogen (secondary N) is 2. The molecule has 4 aliphatic heterocycles. The Morgan fingerprint density at radius 3 is 2.34 bits per heavy atom. The molecule has 6 unspecified atom stereocenters. The second-order valence-corrected chi connectivity index (χ2v) is 15.8. The van der Waals surface area contributed by atoms with Gasteiger partial charge in [0.05, 0.1) is 39.5 Å². The number of benzene rings is 2. The van der Waals surface area contributed by atoms with Gasteiger partial charge in [0.15, 0.2) is 35.6 Å². The van der Waals surface area contributed by atoms with E-state index in [1.807, 2.05) is 0 Å². The van der Waals surface area contributed by atoms with Gasteiger partial charge in [-0.2, -0.15) is 0 Å². The van der Waals surface area contributed by atoms with Crippen LogP contribution in [0.15, 0.2) is 24.3 Å². The van der Waals surface area contributed by atoms with E-state index in [0.29, 0.717) is 47.0 Å². The lowest BCUT2D eigenvalue weighted by Gasteiger charge is -2.47. The Kier molecular flexibility index (Phi) is 12.2. The topological polar surface area (TPSA) is 191 Å². The quantitative estimate of drug-likeness (QED) is 0.100. The van der Waals surface area contributed by atoms with Gasteiger partial charge in [-0.15, -0.1) is 0 Å². The van der Waals surface area contributed by atoms with Crippen molar-refractivity contribution in [1.29, 1.82) is 0 Å². The number of aliphatic hydroxyl groups excluding tert-OH is 2. The Bertz CT molecular complexity index is 1630. The molecular weight excluding hydrogens is 760 g/mol. The molecule has 2 aromatic rings. The van der Waals surface area contributed by atoms with Crippen LogP contribution in [0, 0.1) is 11.8 Å². The number of hydrogen-bond acceptors (Lipinski definition) is 17. The van der Waals surface area contributed by atoms with Crippen LogP contribution < -0.4 is 33.8 Å². The van der Waals surface area contributed by atoms with Crippen molar-refractivity contribution in [2.45, 2.75) is 55.9 Å². The van der Waals surface area contributed by atoms with Crippen LogP contribution in [0.5, 0.6) is 28.7 Å². The van der Waals surface area contributed by atoms with Crippen LogP contribution in [0.3, 0.4) is 0 Å². The first-order valence-electron chi connectivity index (χ1n) is 17.1. The molecule has 10 atom stereocenters. The van der Waals surface area contributed by atoms with Crippen molar-refractivity contribution in [3.63, 3.8) is 0 Å². The van der Waals surface area contributed by atoms with Crippen LogP contribution in [-0.2, 0) is 28.5 Å². The minimum absolute atomic E-state index is 0.000230. The van der Waals surface area contributed by atoms with E-state index < -0.39 is 72.9 Å². The Labute approximate surface area is 318 Å². The molecule has 0 bridgehead atoms. The van der Waals surface area contributed by atoms with Gasteiger partial charge in [0, 0.05) is 36.4 Å². The van der Waals surface area contributed by atoms with E-state index in [0.717, 1.165) is 5.75 Å². The van der Waals surface area contributed by atoms with Gasteiger partial charge in [-0.05, 0) is 59.7 Å². The highest BCUT2D eigenvalue weighted by molar-refractivity contribution is 8.76. The zero-order valence-electron chi connectivity index (χ0n) is 29.0. The van der Waals surface area contributed by atoms with Crippen LogP contribution in [0.2, 0.25) is 0 Å². The van der Waals surface area contributed by atoms with E-state index in [1.165, 1.54) is 14.2 Å². The highest BCUT2D eigenvalue weighted by Gasteiger charge is 2.56. The summed E-state index contributed by atoms with van der Waals surface area (Å²) >= 11 is 5.48. The molecule has 53 heavy (non-hydrogen) atoms. The molecule has 16 nitrogen and oxygen atoms in total. The van der Waals surface area contributed by atoms with Gasteiger partial charge in [0.25, 0.3) is 0 Å². The summed E-state index contributed by atoms with van der Waals surface area (Å²) < 4.78 is 58.2. The number of carbonyl (C=O) groups is 2. The minimum Gasteiger partial charge on any atom is -0.493 e. The van der Waals surface area contributed by atoms with E-state index in [9.17, 15) is 19.8 Å². The average Bonchev–Trinajstić information content (AvgIpc) is 3.78. The number of methoxy groups -OCH3 is 2. The average molecular weight is 801 g/mol. The van der Waals surface area contributed by atoms with Crippen molar-refractivity contribution in [1.82, 2.24) is 10.2 Å². The van der Waals surface area contributed by atoms with Gasteiger partial charge in [0.2, 0.25) is 12.5 Å². The fraction of sp³-hybridized carbons (Fsp3) is 0.588. The third-order valence-electron chi connectivity index (χ3n) is 9.74. The molecule has 290 valence electrons. The van der Waals surface area contributed by atoms with Crippen molar-refractivity contribution in [2.24, 2.45) is 11.8 Å². The van der Waals surface area contributed by atoms with Crippen molar-refractivity contribution in [2.75, 3.05) is 58.8 Å². The smallest absolute Gasteiger partial charge is 0.412 e. The van der Waals surface area contributed by atoms with Gasteiger partial charge < -0.3 is 62.9 Å². The summed E-state index contributed by atoms with van der Waals surface area (Å²) in [5, 5.41) is 24.9. The third kappa shape index (κ3) is 7.81. The van der Waals surface area contributed by atoms with E-state index in [4.69, 9.17) is 59.1 Å². The lowest BCUT2D eigenvalue weighted by atomic mass is 9.66. The van der Waals surface area contributed by atoms with Crippen LogP contribution >= 0.6 is 33.4 Å².